The maximum absolute atomic E-state index is 12.2. The molecule has 0 aliphatic carbocycles. The Morgan fingerprint density at radius 3 is 2.64 bits per heavy atom. The summed E-state index contributed by atoms with van der Waals surface area (Å²) in [5.74, 6) is -0.435. The zero-order chi connectivity index (χ0) is 16.4. The predicted molar refractivity (Wildman–Crippen MR) is 85.3 cm³/mol. The van der Waals surface area contributed by atoms with E-state index in [1.54, 1.807) is 14.2 Å². The molecule has 1 unspecified atom stereocenters. The van der Waals surface area contributed by atoms with E-state index in [2.05, 4.69) is 5.32 Å². The molecule has 0 spiro atoms. The number of hydrogen-bond acceptors (Lipinski definition) is 4. The lowest BCUT2D eigenvalue weighted by atomic mass is 10.1. The van der Waals surface area contributed by atoms with Crippen LogP contribution in [0.2, 0.25) is 0 Å². The van der Waals surface area contributed by atoms with Crippen LogP contribution in [-0.2, 0) is 20.7 Å². The Morgan fingerprint density at radius 1 is 1.32 bits per heavy atom. The highest BCUT2D eigenvalue weighted by molar-refractivity contribution is 5.87. The van der Waals surface area contributed by atoms with E-state index in [1.165, 1.54) is 4.90 Å². The van der Waals surface area contributed by atoms with Gasteiger partial charge in [-0.05, 0) is 18.4 Å². The first-order valence-corrected chi connectivity index (χ1v) is 7.34. The van der Waals surface area contributed by atoms with Crippen molar-refractivity contribution in [3.8, 4) is 0 Å². The van der Waals surface area contributed by atoms with Crippen LogP contribution in [0.1, 0.15) is 12.0 Å². The fourth-order valence-electron chi connectivity index (χ4n) is 2.03. The fourth-order valence-corrected chi connectivity index (χ4v) is 2.03. The average Bonchev–Trinajstić information content (AvgIpc) is 2.51. The molecule has 1 aromatic rings. The van der Waals surface area contributed by atoms with Gasteiger partial charge < -0.3 is 20.7 Å². The molecule has 0 aromatic heterocycles. The number of nitrogens with one attached hydrogen (secondary N) is 1. The molecule has 1 aromatic carbocycles. The molecule has 3 N–H and O–H groups in total. The van der Waals surface area contributed by atoms with Crippen LogP contribution in [0.25, 0.3) is 0 Å². The van der Waals surface area contributed by atoms with Crippen LogP contribution in [-0.4, -0.2) is 56.6 Å². The second-order valence-corrected chi connectivity index (χ2v) is 5.19. The van der Waals surface area contributed by atoms with Crippen LogP contribution in [0.5, 0.6) is 0 Å². The van der Waals surface area contributed by atoms with E-state index in [4.69, 9.17) is 10.5 Å². The minimum Gasteiger partial charge on any atom is -0.385 e. The summed E-state index contributed by atoms with van der Waals surface area (Å²) in [7, 11) is 3.20. The maximum atomic E-state index is 12.2. The molecule has 0 saturated carbocycles. The Bertz CT molecular complexity index is 465. The Hall–Kier alpha value is -1.92. The predicted octanol–water partition coefficient (Wildman–Crippen LogP) is 0.168. The van der Waals surface area contributed by atoms with Crippen LogP contribution >= 0.6 is 0 Å². The summed E-state index contributed by atoms with van der Waals surface area (Å²) < 4.78 is 4.90. The Morgan fingerprint density at radius 2 is 2.00 bits per heavy atom. The number of likely N-dealkylation sites (N-methyl/N-ethyl adjacent to an activating group) is 1. The third-order valence-corrected chi connectivity index (χ3v) is 3.22. The second-order valence-electron chi connectivity index (χ2n) is 5.19. The number of nitrogens with two attached hydrogens (primary N) is 1. The number of methoxy groups -OCH3 is 1. The molecule has 0 fully saturated rings. The van der Waals surface area contributed by atoms with Gasteiger partial charge in [-0.1, -0.05) is 30.3 Å². The zero-order valence-corrected chi connectivity index (χ0v) is 13.2. The second kappa shape index (κ2) is 9.92. The number of amides is 2. The highest BCUT2D eigenvalue weighted by Gasteiger charge is 2.20. The standard InChI is InChI=1S/C16H25N3O3/c1-19(12-15(20)18-9-6-10-22-2)16(21)14(17)11-13-7-4-3-5-8-13/h3-5,7-8,14H,6,9-12,17H2,1-2H3,(H,18,20). The largest absolute Gasteiger partial charge is 0.385 e. The molecular formula is C16H25N3O3. The van der Waals surface area contributed by atoms with Crippen molar-refractivity contribution in [1.82, 2.24) is 10.2 Å². The number of nitrogens with zero attached hydrogens (tertiary/aromatic N) is 1. The van der Waals surface area contributed by atoms with Crippen molar-refractivity contribution in [3.05, 3.63) is 35.9 Å². The van der Waals surface area contributed by atoms with Crippen LogP contribution in [0.15, 0.2) is 30.3 Å². The van der Waals surface area contributed by atoms with E-state index in [9.17, 15) is 9.59 Å². The number of benzene rings is 1. The van der Waals surface area contributed by atoms with Crippen LogP contribution in [0.3, 0.4) is 0 Å². The maximum Gasteiger partial charge on any atom is 0.240 e. The van der Waals surface area contributed by atoms with Crippen molar-refractivity contribution in [2.45, 2.75) is 18.9 Å². The lowest BCUT2D eigenvalue weighted by molar-refractivity contribution is -0.135. The number of rotatable bonds is 9. The van der Waals surface area contributed by atoms with Gasteiger partial charge >= 0.3 is 0 Å². The molecule has 0 aliphatic rings. The van der Waals surface area contributed by atoms with E-state index in [0.717, 1.165) is 12.0 Å². The molecular weight excluding hydrogens is 282 g/mol. The Kier molecular flexibility index (Phi) is 8.17. The minimum atomic E-state index is -0.645. The third-order valence-electron chi connectivity index (χ3n) is 3.22. The molecule has 22 heavy (non-hydrogen) atoms. The van der Waals surface area contributed by atoms with Crippen molar-refractivity contribution >= 4 is 11.8 Å². The highest BCUT2D eigenvalue weighted by Crippen LogP contribution is 2.03. The molecule has 0 heterocycles. The normalized spacial score (nSPS) is 11.8. The zero-order valence-electron chi connectivity index (χ0n) is 13.2. The topological polar surface area (TPSA) is 84.7 Å². The van der Waals surface area contributed by atoms with Crippen LogP contribution in [0, 0.1) is 0 Å². The van der Waals surface area contributed by atoms with Gasteiger partial charge in [0.15, 0.2) is 0 Å². The van der Waals surface area contributed by atoms with Gasteiger partial charge in [-0.25, -0.2) is 0 Å². The monoisotopic (exact) mass is 307 g/mol. The average molecular weight is 307 g/mol. The molecule has 1 atom stereocenters. The number of carbonyl (C=O) groups is 2. The summed E-state index contributed by atoms with van der Waals surface area (Å²) in [6.45, 7) is 1.13. The summed E-state index contributed by atoms with van der Waals surface area (Å²) >= 11 is 0. The lowest BCUT2D eigenvalue weighted by Crippen LogP contribution is -2.46. The summed E-state index contributed by atoms with van der Waals surface area (Å²) in [5, 5.41) is 2.74. The Balaban J connectivity index is 2.35. The van der Waals surface area contributed by atoms with E-state index in [1.807, 2.05) is 30.3 Å². The number of ether oxygens (including phenoxy) is 1. The lowest BCUT2D eigenvalue weighted by Gasteiger charge is -2.21. The molecule has 6 nitrogen and oxygen atoms in total. The minimum absolute atomic E-state index is 0.00824. The molecule has 0 radical (unpaired) electrons. The fraction of sp³-hybridized carbons (Fsp3) is 0.500. The summed E-state index contributed by atoms with van der Waals surface area (Å²) in [4.78, 5) is 25.2. The van der Waals surface area contributed by atoms with Crippen molar-refractivity contribution in [3.63, 3.8) is 0 Å². The van der Waals surface area contributed by atoms with Gasteiger partial charge in [0.1, 0.15) is 0 Å². The van der Waals surface area contributed by atoms with Crippen LogP contribution < -0.4 is 11.1 Å². The summed E-state index contributed by atoms with van der Waals surface area (Å²) in [6.07, 6.45) is 1.20. The van der Waals surface area contributed by atoms with Crippen LogP contribution in [0.4, 0.5) is 0 Å². The van der Waals surface area contributed by atoms with E-state index < -0.39 is 6.04 Å². The highest BCUT2D eigenvalue weighted by atomic mass is 16.5. The van der Waals surface area contributed by atoms with Crippen molar-refractivity contribution in [1.29, 1.82) is 0 Å². The first-order valence-electron chi connectivity index (χ1n) is 7.34. The molecule has 2 amide bonds. The first-order chi connectivity index (χ1) is 10.5. The molecule has 0 aliphatic heterocycles. The molecule has 0 bridgehead atoms. The van der Waals surface area contributed by atoms with Crippen molar-refractivity contribution < 1.29 is 14.3 Å². The molecule has 0 saturated heterocycles. The smallest absolute Gasteiger partial charge is 0.240 e. The van der Waals surface area contributed by atoms with E-state index in [-0.39, 0.29) is 18.4 Å². The molecule has 122 valence electrons. The third kappa shape index (κ3) is 6.69. The van der Waals surface area contributed by atoms with E-state index >= 15 is 0 Å². The SMILES string of the molecule is COCCCNC(=O)CN(C)C(=O)C(N)Cc1ccccc1. The quantitative estimate of drug-likeness (QED) is 0.637. The van der Waals surface area contributed by atoms with Crippen molar-refractivity contribution in [2.24, 2.45) is 5.73 Å². The summed E-state index contributed by atoms with van der Waals surface area (Å²) in [5.41, 5.74) is 6.93. The molecule has 1 rings (SSSR count). The molecule has 6 heteroatoms. The number of hydrogen-bond donors (Lipinski definition) is 2. The van der Waals surface area contributed by atoms with Gasteiger partial charge in [-0.3, -0.25) is 9.59 Å². The van der Waals surface area contributed by atoms with Gasteiger partial charge in [-0.2, -0.15) is 0 Å². The first kappa shape index (κ1) is 18.1. The Labute approximate surface area is 131 Å². The van der Waals surface area contributed by atoms with Gasteiger partial charge in [0.05, 0.1) is 12.6 Å². The van der Waals surface area contributed by atoms with Gasteiger partial charge in [0.25, 0.3) is 0 Å². The van der Waals surface area contributed by atoms with Crippen molar-refractivity contribution in [2.75, 3.05) is 33.9 Å². The summed E-state index contributed by atoms with van der Waals surface area (Å²) in [6, 6.07) is 8.93. The van der Waals surface area contributed by atoms with Gasteiger partial charge in [0, 0.05) is 27.3 Å². The van der Waals surface area contributed by atoms with Gasteiger partial charge in [-0.15, -0.1) is 0 Å². The van der Waals surface area contributed by atoms with Gasteiger partial charge in [0.2, 0.25) is 11.8 Å². The van der Waals surface area contributed by atoms with E-state index in [0.29, 0.717) is 19.6 Å². The number of carbonyl (C=O) groups excluding carboxylic acids is 2.